The minimum atomic E-state index is -1.04. The van der Waals surface area contributed by atoms with E-state index in [0.717, 1.165) is 24.0 Å². The molecule has 4 heteroatoms. The molecule has 1 amide bonds. The Hall–Kier alpha value is -1.84. The summed E-state index contributed by atoms with van der Waals surface area (Å²) in [5.74, 6) is 0.0477. The number of alkyl halides is 1. The molecule has 0 atom stereocenters. The van der Waals surface area contributed by atoms with E-state index in [4.69, 9.17) is 11.6 Å². The predicted octanol–water partition coefficient (Wildman–Crippen LogP) is 3.40. The fourth-order valence-corrected chi connectivity index (χ4v) is 3.82. The van der Waals surface area contributed by atoms with Gasteiger partial charge in [-0.2, -0.15) is 0 Å². The summed E-state index contributed by atoms with van der Waals surface area (Å²) in [7, 11) is 0. The van der Waals surface area contributed by atoms with Gasteiger partial charge in [0.25, 0.3) is 0 Å². The van der Waals surface area contributed by atoms with Gasteiger partial charge in [0, 0.05) is 13.1 Å². The molecular weight excluding hydrogens is 322 g/mol. The van der Waals surface area contributed by atoms with Gasteiger partial charge in [0.1, 0.15) is 11.5 Å². The highest BCUT2D eigenvalue weighted by molar-refractivity contribution is 6.27. The molecule has 0 unspecified atom stereocenters. The molecule has 1 aliphatic heterocycles. The van der Waals surface area contributed by atoms with Crippen LogP contribution in [0.4, 0.5) is 0 Å². The lowest BCUT2D eigenvalue weighted by atomic mass is 9.72. The van der Waals surface area contributed by atoms with E-state index in [1.54, 1.807) is 4.90 Å². The van der Waals surface area contributed by atoms with Crippen molar-refractivity contribution in [3.05, 3.63) is 71.8 Å². The Morgan fingerprint density at radius 2 is 1.46 bits per heavy atom. The third kappa shape index (κ3) is 3.19. The average molecular weight is 344 g/mol. The van der Waals surface area contributed by atoms with Crippen LogP contribution in [0.25, 0.3) is 0 Å². The van der Waals surface area contributed by atoms with Crippen LogP contribution in [0, 0.1) is 5.92 Å². The molecule has 1 heterocycles. The number of rotatable bonds is 4. The molecule has 3 rings (SSSR count). The number of benzene rings is 2. The zero-order valence-electron chi connectivity index (χ0n) is 13.6. The molecule has 0 bridgehead atoms. The first-order valence-corrected chi connectivity index (χ1v) is 8.87. The van der Waals surface area contributed by atoms with E-state index in [1.807, 2.05) is 60.7 Å². The molecule has 0 radical (unpaired) electrons. The first-order valence-electron chi connectivity index (χ1n) is 8.33. The van der Waals surface area contributed by atoms with Crippen molar-refractivity contribution in [3.8, 4) is 0 Å². The van der Waals surface area contributed by atoms with E-state index >= 15 is 0 Å². The molecule has 1 saturated heterocycles. The van der Waals surface area contributed by atoms with Crippen LogP contribution >= 0.6 is 11.6 Å². The normalized spacial score (nSPS) is 16.2. The van der Waals surface area contributed by atoms with E-state index in [1.165, 1.54) is 0 Å². The summed E-state index contributed by atoms with van der Waals surface area (Å²) in [6, 6.07) is 19.6. The van der Waals surface area contributed by atoms with Crippen molar-refractivity contribution in [1.29, 1.82) is 0 Å². The van der Waals surface area contributed by atoms with Gasteiger partial charge in [-0.25, -0.2) is 0 Å². The Labute approximate surface area is 147 Å². The van der Waals surface area contributed by atoms with Gasteiger partial charge in [0.2, 0.25) is 5.91 Å². The lowest BCUT2D eigenvalue weighted by Crippen LogP contribution is -2.46. The molecule has 126 valence electrons. The number of hydrogen-bond acceptors (Lipinski definition) is 2. The van der Waals surface area contributed by atoms with Crippen LogP contribution in [-0.2, 0) is 10.4 Å². The molecule has 0 aliphatic carbocycles. The number of carbonyl (C=O) groups is 1. The van der Waals surface area contributed by atoms with Crippen molar-refractivity contribution in [2.75, 3.05) is 19.0 Å². The van der Waals surface area contributed by atoms with Gasteiger partial charge < -0.3 is 10.0 Å². The second kappa shape index (κ2) is 7.37. The van der Waals surface area contributed by atoms with Crippen molar-refractivity contribution in [2.45, 2.75) is 18.4 Å². The van der Waals surface area contributed by atoms with Gasteiger partial charge in [-0.1, -0.05) is 60.7 Å². The zero-order chi connectivity index (χ0) is 17.0. The van der Waals surface area contributed by atoms with Crippen LogP contribution in [0.1, 0.15) is 24.0 Å². The van der Waals surface area contributed by atoms with Crippen molar-refractivity contribution in [2.24, 2.45) is 5.92 Å². The maximum absolute atomic E-state index is 11.8. The number of carbonyl (C=O) groups excluding carboxylic acids is 1. The molecule has 1 fully saturated rings. The molecule has 2 aromatic carbocycles. The molecule has 2 aromatic rings. The van der Waals surface area contributed by atoms with Gasteiger partial charge in [-0.3, -0.25) is 4.79 Å². The molecule has 0 spiro atoms. The van der Waals surface area contributed by atoms with Crippen LogP contribution < -0.4 is 0 Å². The Bertz CT molecular complexity index is 627. The van der Waals surface area contributed by atoms with Crippen molar-refractivity contribution in [3.63, 3.8) is 0 Å². The summed E-state index contributed by atoms with van der Waals surface area (Å²) < 4.78 is 0. The largest absolute Gasteiger partial charge is 0.380 e. The number of likely N-dealkylation sites (tertiary alicyclic amines) is 1. The Balaban J connectivity index is 1.91. The highest BCUT2D eigenvalue weighted by Crippen LogP contribution is 2.41. The lowest BCUT2D eigenvalue weighted by Gasteiger charge is -2.42. The second-order valence-corrected chi connectivity index (χ2v) is 6.55. The van der Waals surface area contributed by atoms with Gasteiger partial charge in [-0.15, -0.1) is 11.6 Å². The fraction of sp³-hybridized carbons (Fsp3) is 0.350. The zero-order valence-corrected chi connectivity index (χ0v) is 14.3. The highest BCUT2D eigenvalue weighted by Gasteiger charge is 2.41. The lowest BCUT2D eigenvalue weighted by molar-refractivity contribution is -0.131. The maximum Gasteiger partial charge on any atom is 0.237 e. The highest BCUT2D eigenvalue weighted by atomic mass is 35.5. The van der Waals surface area contributed by atoms with Crippen LogP contribution in [-0.4, -0.2) is 34.9 Å². The molecule has 0 aromatic heterocycles. The van der Waals surface area contributed by atoms with Crippen molar-refractivity contribution in [1.82, 2.24) is 4.90 Å². The molecule has 24 heavy (non-hydrogen) atoms. The maximum atomic E-state index is 11.8. The third-order valence-corrected chi connectivity index (χ3v) is 5.21. The SMILES string of the molecule is O=C(CCl)N1CCC(C(O)(c2ccccc2)c2ccccc2)CC1. The fourth-order valence-electron chi connectivity index (χ4n) is 3.65. The minimum Gasteiger partial charge on any atom is -0.380 e. The summed E-state index contributed by atoms with van der Waals surface area (Å²) in [4.78, 5) is 13.6. The summed E-state index contributed by atoms with van der Waals surface area (Å²) in [5, 5.41) is 11.7. The smallest absolute Gasteiger partial charge is 0.237 e. The molecule has 1 N–H and O–H groups in total. The summed E-state index contributed by atoms with van der Waals surface area (Å²) >= 11 is 5.66. The number of amides is 1. The summed E-state index contributed by atoms with van der Waals surface area (Å²) in [6.45, 7) is 1.27. The molecular formula is C20H22ClNO2. The number of halogens is 1. The first-order chi connectivity index (χ1) is 11.7. The van der Waals surface area contributed by atoms with Crippen molar-refractivity contribution < 1.29 is 9.90 Å². The number of nitrogens with zero attached hydrogens (tertiary/aromatic N) is 1. The van der Waals surface area contributed by atoms with E-state index in [-0.39, 0.29) is 17.7 Å². The Morgan fingerprint density at radius 1 is 1.00 bits per heavy atom. The number of piperidine rings is 1. The second-order valence-electron chi connectivity index (χ2n) is 6.29. The molecule has 0 saturated carbocycles. The summed E-state index contributed by atoms with van der Waals surface area (Å²) in [6.07, 6.45) is 1.51. The minimum absolute atomic E-state index is 0.0201. The van der Waals surface area contributed by atoms with Gasteiger partial charge in [0.05, 0.1) is 0 Å². The van der Waals surface area contributed by atoms with Crippen molar-refractivity contribution >= 4 is 17.5 Å². The first kappa shape index (κ1) is 17.0. The van der Waals surface area contributed by atoms with E-state index in [0.29, 0.717) is 13.1 Å². The Morgan fingerprint density at radius 3 is 1.88 bits per heavy atom. The monoisotopic (exact) mass is 343 g/mol. The van der Waals surface area contributed by atoms with E-state index in [9.17, 15) is 9.90 Å². The topological polar surface area (TPSA) is 40.5 Å². The number of hydrogen-bond donors (Lipinski definition) is 1. The van der Waals surface area contributed by atoms with Gasteiger partial charge in [-0.05, 0) is 29.9 Å². The molecule has 3 nitrogen and oxygen atoms in total. The Kier molecular flexibility index (Phi) is 5.22. The van der Waals surface area contributed by atoms with Gasteiger partial charge >= 0.3 is 0 Å². The quantitative estimate of drug-likeness (QED) is 0.864. The standard InChI is InChI=1S/C20H22ClNO2/c21-15-19(23)22-13-11-18(12-14-22)20(24,16-7-3-1-4-8-16)17-9-5-2-6-10-17/h1-10,18,24H,11-15H2. The van der Waals surface area contributed by atoms with Crippen LogP contribution in [0.2, 0.25) is 0 Å². The van der Waals surface area contributed by atoms with Crippen LogP contribution in [0.15, 0.2) is 60.7 Å². The number of aliphatic hydroxyl groups is 1. The predicted molar refractivity (Wildman–Crippen MR) is 95.9 cm³/mol. The van der Waals surface area contributed by atoms with E-state index < -0.39 is 5.60 Å². The van der Waals surface area contributed by atoms with Crippen LogP contribution in [0.3, 0.4) is 0 Å². The molecule has 1 aliphatic rings. The average Bonchev–Trinajstić information content (AvgIpc) is 2.68. The van der Waals surface area contributed by atoms with Gasteiger partial charge in [0.15, 0.2) is 0 Å². The third-order valence-electron chi connectivity index (χ3n) is 4.98. The van der Waals surface area contributed by atoms with Crippen LogP contribution in [0.5, 0.6) is 0 Å². The summed E-state index contributed by atoms with van der Waals surface area (Å²) in [5.41, 5.74) is 0.759. The van der Waals surface area contributed by atoms with E-state index in [2.05, 4.69) is 0 Å².